The minimum Gasteiger partial charge on any atom is -0.484 e. The quantitative estimate of drug-likeness (QED) is 0.886. The molecule has 22 heavy (non-hydrogen) atoms. The van der Waals surface area contributed by atoms with Gasteiger partial charge in [-0.1, -0.05) is 11.6 Å². The van der Waals surface area contributed by atoms with Crippen LogP contribution in [-0.4, -0.2) is 47.7 Å². The van der Waals surface area contributed by atoms with Crippen molar-refractivity contribution in [3.63, 3.8) is 0 Å². The van der Waals surface area contributed by atoms with Gasteiger partial charge in [-0.2, -0.15) is 0 Å². The Morgan fingerprint density at radius 3 is 2.95 bits per heavy atom. The van der Waals surface area contributed by atoms with Crippen molar-refractivity contribution >= 4 is 23.6 Å². The summed E-state index contributed by atoms with van der Waals surface area (Å²) in [7, 11) is 0. The van der Waals surface area contributed by atoms with Gasteiger partial charge in [0.25, 0.3) is 5.91 Å². The van der Waals surface area contributed by atoms with E-state index in [1.807, 2.05) is 0 Å². The highest BCUT2D eigenvalue weighted by atomic mass is 35.5. The van der Waals surface area contributed by atoms with Gasteiger partial charge in [0.1, 0.15) is 11.6 Å². The van der Waals surface area contributed by atoms with Gasteiger partial charge in [0.2, 0.25) is 0 Å². The van der Waals surface area contributed by atoms with E-state index in [2.05, 4.69) is 5.32 Å². The molecule has 0 saturated carbocycles. The van der Waals surface area contributed by atoms with E-state index >= 15 is 0 Å². The number of carboxylic acid groups (broad SMARTS) is 1. The summed E-state index contributed by atoms with van der Waals surface area (Å²) < 4.78 is 18.4. The number of amides is 2. The molecule has 0 aromatic heterocycles. The standard InChI is InChI=1S/C14H16ClFN2O4/c15-11-4-3-10(6-12(11)16)22-8-13(19)17-9-2-1-5-18(7-9)14(20)21/h3-4,6,9H,1-2,5,7-8H2,(H,17,19)(H,20,21). The van der Waals surface area contributed by atoms with Crippen molar-refractivity contribution in [2.24, 2.45) is 0 Å². The monoisotopic (exact) mass is 330 g/mol. The van der Waals surface area contributed by atoms with Gasteiger partial charge in [-0.25, -0.2) is 9.18 Å². The molecule has 1 aromatic carbocycles. The zero-order chi connectivity index (χ0) is 16.1. The third-order valence-electron chi connectivity index (χ3n) is 3.32. The summed E-state index contributed by atoms with van der Waals surface area (Å²) in [5, 5.41) is 11.6. The summed E-state index contributed by atoms with van der Waals surface area (Å²) in [5.41, 5.74) is 0. The Morgan fingerprint density at radius 1 is 1.50 bits per heavy atom. The van der Waals surface area contributed by atoms with Gasteiger partial charge in [-0.15, -0.1) is 0 Å². The number of hydrogen-bond donors (Lipinski definition) is 2. The number of nitrogens with one attached hydrogen (secondary N) is 1. The Labute approximate surface area is 131 Å². The molecule has 1 aromatic rings. The molecule has 0 radical (unpaired) electrons. The number of halogens is 2. The van der Waals surface area contributed by atoms with Crippen LogP contribution in [0.1, 0.15) is 12.8 Å². The van der Waals surface area contributed by atoms with Crippen LogP contribution in [0.5, 0.6) is 5.75 Å². The molecular formula is C14H16ClFN2O4. The number of carbonyl (C=O) groups is 2. The fourth-order valence-electron chi connectivity index (χ4n) is 2.25. The molecule has 1 aliphatic rings. The molecule has 2 amide bonds. The summed E-state index contributed by atoms with van der Waals surface area (Å²) in [6.07, 6.45) is 0.415. The van der Waals surface area contributed by atoms with Crippen molar-refractivity contribution < 1.29 is 23.8 Å². The van der Waals surface area contributed by atoms with E-state index in [1.54, 1.807) is 0 Å². The largest absolute Gasteiger partial charge is 0.484 e. The molecule has 1 atom stereocenters. The molecule has 1 saturated heterocycles. The van der Waals surface area contributed by atoms with Crippen LogP contribution < -0.4 is 10.1 Å². The molecule has 1 aliphatic heterocycles. The molecule has 8 heteroatoms. The smallest absolute Gasteiger partial charge is 0.407 e. The number of rotatable bonds is 4. The first-order valence-corrected chi connectivity index (χ1v) is 7.18. The summed E-state index contributed by atoms with van der Waals surface area (Å²) in [4.78, 5) is 24.0. The molecule has 120 valence electrons. The first-order chi connectivity index (χ1) is 10.5. The fourth-order valence-corrected chi connectivity index (χ4v) is 2.37. The van der Waals surface area contributed by atoms with E-state index in [-0.39, 0.29) is 35.9 Å². The van der Waals surface area contributed by atoms with E-state index in [0.29, 0.717) is 19.4 Å². The van der Waals surface area contributed by atoms with Gasteiger partial charge < -0.3 is 20.1 Å². The third-order valence-corrected chi connectivity index (χ3v) is 3.62. The molecule has 1 unspecified atom stereocenters. The Balaban J connectivity index is 1.80. The Kier molecular flexibility index (Phi) is 5.43. The first kappa shape index (κ1) is 16.4. The molecular weight excluding hydrogens is 315 g/mol. The maximum Gasteiger partial charge on any atom is 0.407 e. The van der Waals surface area contributed by atoms with Gasteiger partial charge in [-0.3, -0.25) is 4.79 Å². The van der Waals surface area contributed by atoms with Crippen LogP contribution >= 0.6 is 11.6 Å². The van der Waals surface area contributed by atoms with Crippen LogP contribution in [0, 0.1) is 5.82 Å². The van der Waals surface area contributed by atoms with Crippen molar-refractivity contribution in [3.8, 4) is 5.75 Å². The van der Waals surface area contributed by atoms with Crippen LogP contribution in [0.4, 0.5) is 9.18 Å². The number of likely N-dealkylation sites (tertiary alicyclic amines) is 1. The van der Waals surface area contributed by atoms with Gasteiger partial charge >= 0.3 is 6.09 Å². The molecule has 0 aliphatic carbocycles. The van der Waals surface area contributed by atoms with Gasteiger partial charge in [-0.05, 0) is 25.0 Å². The highest BCUT2D eigenvalue weighted by Gasteiger charge is 2.24. The Morgan fingerprint density at radius 2 is 2.27 bits per heavy atom. The second-order valence-electron chi connectivity index (χ2n) is 5.00. The highest BCUT2D eigenvalue weighted by Crippen LogP contribution is 2.20. The van der Waals surface area contributed by atoms with E-state index < -0.39 is 11.9 Å². The van der Waals surface area contributed by atoms with E-state index in [1.165, 1.54) is 17.0 Å². The number of benzene rings is 1. The molecule has 6 nitrogen and oxygen atoms in total. The predicted octanol–water partition coefficient (Wildman–Crippen LogP) is 2.12. The summed E-state index contributed by atoms with van der Waals surface area (Å²) in [6.45, 7) is 0.462. The summed E-state index contributed by atoms with van der Waals surface area (Å²) in [6, 6.07) is 3.67. The van der Waals surface area contributed by atoms with Crippen molar-refractivity contribution in [3.05, 3.63) is 29.0 Å². The number of ether oxygens (including phenoxy) is 1. The van der Waals surface area contributed by atoms with Gasteiger partial charge in [0.05, 0.1) is 5.02 Å². The number of hydrogen-bond acceptors (Lipinski definition) is 3. The Hall–Kier alpha value is -2.02. The SMILES string of the molecule is O=C(COc1ccc(Cl)c(F)c1)NC1CCCN(C(=O)O)C1. The number of piperidine rings is 1. The predicted molar refractivity (Wildman–Crippen MR) is 77.7 cm³/mol. The Bertz CT molecular complexity index is 570. The minimum absolute atomic E-state index is 0.0206. The summed E-state index contributed by atoms with van der Waals surface area (Å²) in [5.74, 6) is -0.801. The molecule has 0 spiro atoms. The highest BCUT2D eigenvalue weighted by molar-refractivity contribution is 6.30. The minimum atomic E-state index is -0.994. The second-order valence-corrected chi connectivity index (χ2v) is 5.41. The zero-order valence-electron chi connectivity index (χ0n) is 11.7. The van der Waals surface area contributed by atoms with Gasteiger partial charge in [0.15, 0.2) is 6.61 Å². The first-order valence-electron chi connectivity index (χ1n) is 6.81. The van der Waals surface area contributed by atoms with Gasteiger partial charge in [0, 0.05) is 25.2 Å². The normalized spacial score (nSPS) is 17.9. The molecule has 0 bridgehead atoms. The lowest BCUT2D eigenvalue weighted by Gasteiger charge is -2.31. The molecule has 2 N–H and O–H groups in total. The molecule has 2 rings (SSSR count). The van der Waals surface area contributed by atoms with E-state index in [0.717, 1.165) is 6.07 Å². The van der Waals surface area contributed by atoms with Crippen molar-refractivity contribution in [2.45, 2.75) is 18.9 Å². The van der Waals surface area contributed by atoms with Crippen LogP contribution in [0.15, 0.2) is 18.2 Å². The number of carbonyl (C=O) groups excluding carboxylic acids is 1. The van der Waals surface area contributed by atoms with Crippen LogP contribution in [0.2, 0.25) is 5.02 Å². The van der Waals surface area contributed by atoms with Crippen molar-refractivity contribution in [2.75, 3.05) is 19.7 Å². The second kappa shape index (κ2) is 7.31. The fraction of sp³-hybridized carbons (Fsp3) is 0.429. The third kappa shape index (κ3) is 4.49. The van der Waals surface area contributed by atoms with Crippen LogP contribution in [0.3, 0.4) is 0 Å². The maximum absolute atomic E-state index is 13.2. The number of nitrogens with zero attached hydrogens (tertiary/aromatic N) is 1. The van der Waals surface area contributed by atoms with Crippen molar-refractivity contribution in [1.82, 2.24) is 10.2 Å². The summed E-state index contributed by atoms with van der Waals surface area (Å²) >= 11 is 5.55. The van der Waals surface area contributed by atoms with Crippen molar-refractivity contribution in [1.29, 1.82) is 0 Å². The maximum atomic E-state index is 13.2. The van der Waals surface area contributed by atoms with Crippen LogP contribution in [-0.2, 0) is 4.79 Å². The van der Waals surface area contributed by atoms with Crippen LogP contribution in [0.25, 0.3) is 0 Å². The average molecular weight is 331 g/mol. The lowest BCUT2D eigenvalue weighted by Crippen LogP contribution is -2.50. The average Bonchev–Trinajstić information content (AvgIpc) is 2.49. The molecule has 1 fully saturated rings. The van der Waals surface area contributed by atoms with E-state index in [9.17, 15) is 14.0 Å². The zero-order valence-corrected chi connectivity index (χ0v) is 12.5. The lowest BCUT2D eigenvalue weighted by atomic mass is 10.1. The van der Waals surface area contributed by atoms with E-state index in [4.69, 9.17) is 21.4 Å². The lowest BCUT2D eigenvalue weighted by molar-refractivity contribution is -0.124. The topological polar surface area (TPSA) is 78.9 Å². The molecule has 1 heterocycles.